The number of aromatic nitrogens is 2. The smallest absolute Gasteiger partial charge is 0.0766 e. The van der Waals surface area contributed by atoms with E-state index in [1.807, 2.05) is 23.5 Å². The molecule has 0 saturated carbocycles. The number of aryl methyl sites for hydroxylation is 2. The topological polar surface area (TPSA) is 43.8 Å². The van der Waals surface area contributed by atoms with Crippen molar-refractivity contribution in [2.24, 2.45) is 12.8 Å². The minimum atomic E-state index is 0.138. The van der Waals surface area contributed by atoms with Crippen LogP contribution in [0.3, 0.4) is 0 Å². The number of thioether (sulfide) groups is 1. The van der Waals surface area contributed by atoms with Crippen LogP contribution < -0.4 is 5.73 Å². The average Bonchev–Trinajstić information content (AvgIpc) is 3.03. The fraction of sp³-hybridized carbons (Fsp3) is 0.438. The van der Waals surface area contributed by atoms with Crippen molar-refractivity contribution in [1.82, 2.24) is 9.78 Å². The molecule has 0 aliphatic carbocycles. The van der Waals surface area contributed by atoms with Crippen LogP contribution in [0.15, 0.2) is 33.6 Å². The molecular weight excluding hydrogens is 346 g/mol. The number of hydrogen-bond donors (Lipinski definition) is 1. The maximum absolute atomic E-state index is 6.50. The van der Waals surface area contributed by atoms with Crippen LogP contribution in [0.5, 0.6) is 0 Å². The normalized spacial score (nSPS) is 18.8. The van der Waals surface area contributed by atoms with Crippen molar-refractivity contribution in [2.75, 3.05) is 0 Å². The number of benzene rings is 1. The van der Waals surface area contributed by atoms with E-state index in [0.29, 0.717) is 5.25 Å². The lowest BCUT2D eigenvalue weighted by Crippen LogP contribution is -2.35. The fourth-order valence-electron chi connectivity index (χ4n) is 2.84. The molecule has 2 unspecified atom stereocenters. The first-order valence-corrected chi connectivity index (χ1v) is 8.97. The molecule has 0 spiro atoms. The lowest BCUT2D eigenvalue weighted by atomic mass is 10.0. The van der Waals surface area contributed by atoms with Gasteiger partial charge in [0.25, 0.3) is 0 Å². The van der Waals surface area contributed by atoms with Crippen LogP contribution in [0.2, 0.25) is 0 Å². The second-order valence-electron chi connectivity index (χ2n) is 5.52. The van der Waals surface area contributed by atoms with E-state index in [0.717, 1.165) is 29.4 Å². The molecular formula is C16H20BrN3S. The Hall–Kier alpha value is -0.780. The minimum absolute atomic E-state index is 0.138. The van der Waals surface area contributed by atoms with Gasteiger partial charge in [0.05, 0.1) is 15.9 Å². The van der Waals surface area contributed by atoms with E-state index < -0.39 is 0 Å². The summed E-state index contributed by atoms with van der Waals surface area (Å²) in [6, 6.07) is 8.76. The summed E-state index contributed by atoms with van der Waals surface area (Å²) in [6.45, 7) is 2.13. The van der Waals surface area contributed by atoms with Crippen LogP contribution in [-0.2, 0) is 26.3 Å². The van der Waals surface area contributed by atoms with E-state index in [4.69, 9.17) is 5.73 Å². The van der Waals surface area contributed by atoms with E-state index in [1.165, 1.54) is 16.2 Å². The summed E-state index contributed by atoms with van der Waals surface area (Å²) in [6.07, 6.45) is 2.86. The number of halogens is 1. The van der Waals surface area contributed by atoms with Crippen molar-refractivity contribution < 1.29 is 0 Å². The van der Waals surface area contributed by atoms with Gasteiger partial charge < -0.3 is 5.73 Å². The number of fused-ring (bicyclic) bond motifs is 1. The van der Waals surface area contributed by atoms with Crippen LogP contribution >= 0.6 is 27.7 Å². The monoisotopic (exact) mass is 365 g/mol. The van der Waals surface area contributed by atoms with Gasteiger partial charge in [-0.2, -0.15) is 5.10 Å². The van der Waals surface area contributed by atoms with Gasteiger partial charge in [0.2, 0.25) is 0 Å². The van der Waals surface area contributed by atoms with Crippen molar-refractivity contribution in [3.8, 4) is 0 Å². The molecule has 1 aliphatic heterocycles. The molecule has 1 aliphatic rings. The average molecular weight is 366 g/mol. The number of hydrogen-bond acceptors (Lipinski definition) is 3. The molecule has 21 heavy (non-hydrogen) atoms. The van der Waals surface area contributed by atoms with E-state index in [-0.39, 0.29) is 6.04 Å². The molecule has 5 heteroatoms. The lowest BCUT2D eigenvalue weighted by Gasteiger charge is -2.18. The Bertz CT molecular complexity index is 628. The molecule has 0 bridgehead atoms. The second kappa shape index (κ2) is 6.15. The van der Waals surface area contributed by atoms with Gasteiger partial charge in [-0.15, -0.1) is 11.8 Å². The Morgan fingerprint density at radius 2 is 2.24 bits per heavy atom. The molecule has 3 rings (SSSR count). The largest absolute Gasteiger partial charge is 0.326 e. The third kappa shape index (κ3) is 2.91. The highest BCUT2D eigenvalue weighted by Gasteiger charge is 2.28. The van der Waals surface area contributed by atoms with Gasteiger partial charge in [0.1, 0.15) is 0 Å². The van der Waals surface area contributed by atoms with Gasteiger partial charge in [-0.05, 0) is 40.4 Å². The Morgan fingerprint density at radius 3 is 2.90 bits per heavy atom. The first-order chi connectivity index (χ1) is 10.1. The third-order valence-electron chi connectivity index (χ3n) is 4.08. The molecule has 0 saturated heterocycles. The van der Waals surface area contributed by atoms with Crippen molar-refractivity contribution >= 4 is 27.7 Å². The molecule has 3 nitrogen and oxygen atoms in total. The Labute approximate surface area is 138 Å². The SMILES string of the molecule is CCc1nn(C)c(CC(N)C2Cc3ccccc3S2)c1Br. The van der Waals surface area contributed by atoms with Gasteiger partial charge in [-0.1, -0.05) is 25.1 Å². The lowest BCUT2D eigenvalue weighted by molar-refractivity contribution is 0.592. The molecule has 112 valence electrons. The van der Waals surface area contributed by atoms with Gasteiger partial charge in [0, 0.05) is 29.7 Å². The Balaban J connectivity index is 1.74. The molecule has 2 N–H and O–H groups in total. The van der Waals surface area contributed by atoms with E-state index in [2.05, 4.69) is 52.2 Å². The molecule has 2 atom stereocenters. The van der Waals surface area contributed by atoms with E-state index in [9.17, 15) is 0 Å². The van der Waals surface area contributed by atoms with E-state index in [1.54, 1.807) is 0 Å². The first kappa shape index (κ1) is 15.1. The highest BCUT2D eigenvalue weighted by Crippen LogP contribution is 2.38. The summed E-state index contributed by atoms with van der Waals surface area (Å²) in [5, 5.41) is 5.01. The fourth-order valence-corrected chi connectivity index (χ4v) is 4.94. The first-order valence-electron chi connectivity index (χ1n) is 7.30. The summed E-state index contributed by atoms with van der Waals surface area (Å²) in [4.78, 5) is 1.39. The predicted octanol–water partition coefficient (Wildman–Crippen LogP) is 3.33. The van der Waals surface area contributed by atoms with Gasteiger partial charge in [0.15, 0.2) is 0 Å². The summed E-state index contributed by atoms with van der Waals surface area (Å²) in [7, 11) is 2.00. The highest BCUT2D eigenvalue weighted by molar-refractivity contribution is 9.10. The maximum Gasteiger partial charge on any atom is 0.0766 e. The quantitative estimate of drug-likeness (QED) is 0.903. The number of nitrogens with two attached hydrogens (primary N) is 1. The number of rotatable bonds is 4. The molecule has 0 radical (unpaired) electrons. The highest BCUT2D eigenvalue weighted by atomic mass is 79.9. The van der Waals surface area contributed by atoms with Crippen LogP contribution in [0, 0.1) is 0 Å². The van der Waals surface area contributed by atoms with Crippen molar-refractivity contribution in [2.45, 2.75) is 42.4 Å². The van der Waals surface area contributed by atoms with Gasteiger partial charge in [-0.25, -0.2) is 0 Å². The van der Waals surface area contributed by atoms with Crippen molar-refractivity contribution in [3.63, 3.8) is 0 Å². The summed E-state index contributed by atoms with van der Waals surface area (Å²) in [5.41, 5.74) is 10.2. The Morgan fingerprint density at radius 1 is 1.48 bits per heavy atom. The van der Waals surface area contributed by atoms with Crippen LogP contribution in [0.4, 0.5) is 0 Å². The zero-order valence-corrected chi connectivity index (χ0v) is 14.7. The minimum Gasteiger partial charge on any atom is -0.326 e. The molecule has 0 fully saturated rings. The van der Waals surface area contributed by atoms with Crippen LogP contribution in [-0.4, -0.2) is 21.1 Å². The standard InChI is InChI=1S/C16H20BrN3S/c1-3-12-16(17)13(20(2)19-12)9-11(18)15-8-10-6-4-5-7-14(10)21-15/h4-7,11,15H,3,8-9,18H2,1-2H3. The summed E-state index contributed by atoms with van der Waals surface area (Å²) >= 11 is 5.60. The second-order valence-corrected chi connectivity index (χ2v) is 7.59. The Kier molecular flexibility index (Phi) is 4.43. The predicted molar refractivity (Wildman–Crippen MR) is 91.8 cm³/mol. The summed E-state index contributed by atoms with van der Waals surface area (Å²) < 4.78 is 3.10. The maximum atomic E-state index is 6.50. The zero-order chi connectivity index (χ0) is 15.0. The van der Waals surface area contributed by atoms with Gasteiger partial charge >= 0.3 is 0 Å². The molecule has 0 amide bonds. The zero-order valence-electron chi connectivity index (χ0n) is 12.3. The summed E-state index contributed by atoms with van der Waals surface area (Å²) in [5.74, 6) is 0. The number of nitrogens with zero attached hydrogens (tertiary/aromatic N) is 2. The van der Waals surface area contributed by atoms with Crippen LogP contribution in [0.1, 0.15) is 23.9 Å². The molecule has 1 aromatic carbocycles. The molecule has 2 heterocycles. The molecule has 1 aromatic heterocycles. The molecule has 2 aromatic rings. The van der Waals surface area contributed by atoms with E-state index >= 15 is 0 Å². The van der Waals surface area contributed by atoms with Crippen molar-refractivity contribution in [1.29, 1.82) is 0 Å². The van der Waals surface area contributed by atoms with Crippen molar-refractivity contribution in [3.05, 3.63) is 45.7 Å². The van der Waals surface area contributed by atoms with Gasteiger partial charge in [-0.3, -0.25) is 4.68 Å². The van der Waals surface area contributed by atoms with Crippen LogP contribution in [0.25, 0.3) is 0 Å². The third-order valence-corrected chi connectivity index (χ3v) is 6.47.